The van der Waals surface area contributed by atoms with Gasteiger partial charge < -0.3 is 20.9 Å². The number of carboxylic acid groups (broad SMARTS) is 1. The minimum Gasteiger partial charge on any atom is -0.480 e. The third-order valence-electron chi connectivity index (χ3n) is 2.68. The predicted molar refractivity (Wildman–Crippen MR) is 80.9 cm³/mol. The minimum atomic E-state index is -1.06. The van der Waals surface area contributed by atoms with Gasteiger partial charge in [-0.1, -0.05) is 0 Å². The molecular weight excluding hydrogens is 280 g/mol. The number of aliphatic carboxylic acids is 1. The van der Waals surface area contributed by atoms with Crippen molar-refractivity contribution in [2.45, 2.75) is 51.0 Å². The Hall–Kier alpha value is -0.790. The van der Waals surface area contributed by atoms with Crippen LogP contribution in [0.15, 0.2) is 0 Å². The summed E-state index contributed by atoms with van der Waals surface area (Å²) in [5.41, 5.74) is 5.58. The molecule has 0 unspecified atom stereocenters. The molecule has 0 aromatic rings. The third kappa shape index (κ3) is 8.39. The van der Waals surface area contributed by atoms with Crippen molar-refractivity contribution in [3.63, 3.8) is 0 Å². The summed E-state index contributed by atoms with van der Waals surface area (Å²) in [5, 5.41) is 11.6. The van der Waals surface area contributed by atoms with Crippen molar-refractivity contribution < 1.29 is 19.4 Å². The van der Waals surface area contributed by atoms with E-state index in [9.17, 15) is 9.59 Å². The first-order valence-electron chi connectivity index (χ1n) is 6.67. The molecule has 1 amide bonds. The summed E-state index contributed by atoms with van der Waals surface area (Å²) >= 11 is 1.24. The van der Waals surface area contributed by atoms with E-state index in [1.807, 2.05) is 13.8 Å². The Labute approximate surface area is 124 Å². The van der Waals surface area contributed by atoms with Crippen LogP contribution < -0.4 is 11.1 Å². The molecule has 20 heavy (non-hydrogen) atoms. The first-order chi connectivity index (χ1) is 9.16. The average molecular weight is 306 g/mol. The molecule has 0 aromatic carbocycles. The lowest BCUT2D eigenvalue weighted by Gasteiger charge is -2.27. The van der Waals surface area contributed by atoms with E-state index in [0.29, 0.717) is 13.2 Å². The Bertz CT molecular complexity index is 321. The van der Waals surface area contributed by atoms with Crippen molar-refractivity contribution >= 4 is 23.6 Å². The molecule has 0 saturated carbocycles. The lowest BCUT2D eigenvalue weighted by atomic mass is 10.1. The van der Waals surface area contributed by atoms with E-state index >= 15 is 0 Å². The van der Waals surface area contributed by atoms with Crippen LogP contribution in [0.2, 0.25) is 0 Å². The minimum absolute atomic E-state index is 0.120. The van der Waals surface area contributed by atoms with Gasteiger partial charge in [-0.2, -0.15) is 0 Å². The molecule has 118 valence electrons. The van der Waals surface area contributed by atoms with E-state index in [1.165, 1.54) is 11.8 Å². The number of amides is 1. The number of nitrogens with two attached hydrogens (primary N) is 1. The Kier molecular flexibility index (Phi) is 8.84. The first-order valence-corrected chi connectivity index (χ1v) is 7.66. The fraction of sp³-hybridized carbons (Fsp3) is 0.846. The lowest BCUT2D eigenvalue weighted by Crippen LogP contribution is -2.47. The van der Waals surface area contributed by atoms with E-state index in [2.05, 4.69) is 5.32 Å². The number of carbonyl (C=O) groups excluding carboxylic acids is 1. The molecule has 0 radical (unpaired) electrons. The summed E-state index contributed by atoms with van der Waals surface area (Å²) in [4.78, 5) is 22.5. The molecule has 1 atom stereocenters. The van der Waals surface area contributed by atoms with Crippen LogP contribution in [0, 0.1) is 0 Å². The average Bonchev–Trinajstić information content (AvgIpc) is 2.34. The van der Waals surface area contributed by atoms with Crippen LogP contribution in [0.3, 0.4) is 0 Å². The van der Waals surface area contributed by atoms with Crippen LogP contribution in [0.1, 0.15) is 34.1 Å². The van der Waals surface area contributed by atoms with Gasteiger partial charge in [-0.05, 0) is 34.1 Å². The number of carboxylic acids is 1. The smallest absolute Gasteiger partial charge is 0.321 e. The molecule has 0 aliphatic carbocycles. The number of hydrogen-bond acceptors (Lipinski definition) is 5. The maximum absolute atomic E-state index is 11.6. The van der Waals surface area contributed by atoms with Crippen LogP contribution in [0.4, 0.5) is 0 Å². The first kappa shape index (κ1) is 19.2. The molecular formula is C13H26N2O4S. The maximum Gasteiger partial charge on any atom is 0.321 e. The van der Waals surface area contributed by atoms with Gasteiger partial charge in [0.1, 0.15) is 6.04 Å². The van der Waals surface area contributed by atoms with Crippen molar-refractivity contribution in [3.8, 4) is 0 Å². The largest absolute Gasteiger partial charge is 0.480 e. The Morgan fingerprint density at radius 2 is 2.00 bits per heavy atom. The van der Waals surface area contributed by atoms with Crippen molar-refractivity contribution in [2.75, 3.05) is 18.9 Å². The molecule has 0 aliphatic heterocycles. The standard InChI is InChI=1S/C13H26N2O4S/c1-9(2)19-7-5-6-15-10(16)8-20-13(3,4)11(14)12(17)18/h9,11H,5-8,14H2,1-4H3,(H,15,16)(H,17,18)/t11-/m0/s1. The topological polar surface area (TPSA) is 102 Å². The van der Waals surface area contributed by atoms with Crippen LogP contribution in [-0.4, -0.2) is 52.8 Å². The maximum atomic E-state index is 11.6. The Balaban J connectivity index is 3.85. The quantitative estimate of drug-likeness (QED) is 0.517. The van der Waals surface area contributed by atoms with Crippen molar-refractivity contribution in [2.24, 2.45) is 5.73 Å². The van der Waals surface area contributed by atoms with Gasteiger partial charge in [-0.25, -0.2) is 0 Å². The number of hydrogen-bond donors (Lipinski definition) is 3. The highest BCUT2D eigenvalue weighted by atomic mass is 32.2. The van der Waals surface area contributed by atoms with Crippen LogP contribution in [-0.2, 0) is 14.3 Å². The van der Waals surface area contributed by atoms with E-state index in [1.54, 1.807) is 13.8 Å². The summed E-state index contributed by atoms with van der Waals surface area (Å²) in [6.07, 6.45) is 0.951. The van der Waals surface area contributed by atoms with Crippen LogP contribution in [0.5, 0.6) is 0 Å². The van der Waals surface area contributed by atoms with Crippen molar-refractivity contribution in [1.82, 2.24) is 5.32 Å². The number of thioether (sulfide) groups is 1. The molecule has 4 N–H and O–H groups in total. The zero-order valence-electron chi connectivity index (χ0n) is 12.6. The molecule has 0 heterocycles. The van der Waals surface area contributed by atoms with Gasteiger partial charge in [0.25, 0.3) is 0 Å². The Morgan fingerprint density at radius 3 is 2.50 bits per heavy atom. The summed E-state index contributed by atoms with van der Waals surface area (Å²) in [6, 6.07) is -1.00. The molecule has 7 heteroatoms. The highest BCUT2D eigenvalue weighted by Crippen LogP contribution is 2.27. The van der Waals surface area contributed by atoms with Crippen molar-refractivity contribution in [1.29, 1.82) is 0 Å². The molecule has 0 saturated heterocycles. The van der Waals surface area contributed by atoms with E-state index in [4.69, 9.17) is 15.6 Å². The van der Waals surface area contributed by atoms with E-state index < -0.39 is 16.8 Å². The fourth-order valence-corrected chi connectivity index (χ4v) is 2.19. The molecule has 0 aliphatic rings. The summed E-state index contributed by atoms with van der Waals surface area (Å²) in [6.45, 7) is 8.53. The number of rotatable bonds is 10. The second-order valence-electron chi connectivity index (χ2n) is 5.33. The molecule has 0 bridgehead atoms. The Morgan fingerprint density at radius 1 is 1.40 bits per heavy atom. The van der Waals surface area contributed by atoms with Gasteiger partial charge in [0, 0.05) is 17.9 Å². The number of nitrogens with one attached hydrogen (secondary N) is 1. The monoisotopic (exact) mass is 306 g/mol. The molecule has 0 rings (SSSR count). The number of ether oxygens (including phenoxy) is 1. The van der Waals surface area contributed by atoms with Gasteiger partial charge in [0.05, 0.1) is 11.9 Å². The van der Waals surface area contributed by atoms with Gasteiger partial charge in [0.2, 0.25) is 5.91 Å². The SMILES string of the molecule is CC(C)OCCCNC(=O)CSC(C)(C)[C@@H](N)C(=O)O. The van der Waals surface area contributed by atoms with E-state index in [-0.39, 0.29) is 17.8 Å². The van der Waals surface area contributed by atoms with E-state index in [0.717, 1.165) is 6.42 Å². The highest BCUT2D eigenvalue weighted by molar-refractivity contribution is 8.01. The van der Waals surface area contributed by atoms with Crippen LogP contribution in [0.25, 0.3) is 0 Å². The predicted octanol–water partition coefficient (Wildman–Crippen LogP) is 0.841. The summed E-state index contributed by atoms with van der Waals surface area (Å²) < 4.78 is 4.67. The van der Waals surface area contributed by atoms with Gasteiger partial charge in [0.15, 0.2) is 0 Å². The van der Waals surface area contributed by atoms with Crippen molar-refractivity contribution in [3.05, 3.63) is 0 Å². The molecule has 0 fully saturated rings. The van der Waals surface area contributed by atoms with Crippen LogP contribution >= 0.6 is 11.8 Å². The van der Waals surface area contributed by atoms with Gasteiger partial charge >= 0.3 is 5.97 Å². The molecule has 0 spiro atoms. The fourth-order valence-electron chi connectivity index (χ4n) is 1.31. The van der Waals surface area contributed by atoms with Gasteiger partial charge in [-0.15, -0.1) is 11.8 Å². The second-order valence-corrected chi connectivity index (χ2v) is 6.96. The molecule has 6 nitrogen and oxygen atoms in total. The normalized spacial score (nSPS) is 13.3. The third-order valence-corrected chi connectivity index (χ3v) is 4.09. The zero-order chi connectivity index (χ0) is 15.8. The zero-order valence-corrected chi connectivity index (χ0v) is 13.5. The second kappa shape index (κ2) is 9.20. The number of carbonyl (C=O) groups is 2. The highest BCUT2D eigenvalue weighted by Gasteiger charge is 2.32. The summed E-state index contributed by atoms with van der Waals surface area (Å²) in [5.74, 6) is -0.988. The molecule has 0 aromatic heterocycles. The van der Waals surface area contributed by atoms with Gasteiger partial charge in [-0.3, -0.25) is 9.59 Å². The summed E-state index contributed by atoms with van der Waals surface area (Å²) in [7, 11) is 0. The lowest BCUT2D eigenvalue weighted by molar-refractivity contribution is -0.139.